The molecule has 4 heteroatoms. The average Bonchev–Trinajstić information content (AvgIpc) is 2.87. The number of aryl methyl sites for hydroxylation is 2. The fourth-order valence-corrected chi connectivity index (χ4v) is 7.93. The highest BCUT2D eigenvalue weighted by atomic mass is 31.2. The molecular weight excluding hydrogens is 463 g/mol. The lowest BCUT2D eigenvalue weighted by Crippen LogP contribution is -2.31. The number of hydrogen-bond acceptors (Lipinski definition) is 3. The Morgan fingerprint density at radius 2 is 1.22 bits per heavy atom. The number of fused-ring (bicyclic) bond motifs is 3. The number of hydrogen-bond donors (Lipinski definition) is 1. The summed E-state index contributed by atoms with van der Waals surface area (Å²) in [6, 6.07) is 28.3. The minimum atomic E-state index is -3.32. The Morgan fingerprint density at radius 3 is 1.86 bits per heavy atom. The second-order valence-electron chi connectivity index (χ2n) is 10.9. The van der Waals surface area contributed by atoms with Gasteiger partial charge in [-0.3, -0.25) is 4.57 Å². The second-order valence-corrected chi connectivity index (χ2v) is 13.8. The number of rotatable bonds is 4. The van der Waals surface area contributed by atoms with Crippen LogP contribution in [-0.2, 0) is 15.1 Å². The quantitative estimate of drug-likeness (QED) is 0.290. The molecule has 0 spiro atoms. The molecule has 0 fully saturated rings. The summed E-state index contributed by atoms with van der Waals surface area (Å²) in [5.41, 5.74) is 6.72. The summed E-state index contributed by atoms with van der Waals surface area (Å²) in [7, 11) is -3.32. The number of para-hydroxylation sites is 1. The Labute approximate surface area is 214 Å². The lowest BCUT2D eigenvalue weighted by molar-refractivity contribution is 0.456. The SMILES string of the molecule is Cc1cc(C(C)(C)c2ccc(C(C)(C)P3(=O)Oc4ccccc4-c4ccccc43)cc2)cc(C)c1O. The highest BCUT2D eigenvalue weighted by Gasteiger charge is 2.49. The molecule has 0 bridgehead atoms. The molecule has 1 unspecified atom stereocenters. The van der Waals surface area contributed by atoms with Gasteiger partial charge in [-0.15, -0.1) is 0 Å². The monoisotopic (exact) mass is 496 g/mol. The predicted molar refractivity (Wildman–Crippen MR) is 149 cm³/mol. The van der Waals surface area contributed by atoms with Gasteiger partial charge in [0.15, 0.2) is 0 Å². The molecule has 1 aliphatic heterocycles. The molecule has 1 heterocycles. The van der Waals surface area contributed by atoms with E-state index >= 15 is 0 Å². The van der Waals surface area contributed by atoms with Crippen LogP contribution in [0.2, 0.25) is 0 Å². The summed E-state index contributed by atoms with van der Waals surface area (Å²) in [5, 5.41) is 10.3. The lowest BCUT2D eigenvalue weighted by Gasteiger charge is -2.39. The first-order valence-corrected chi connectivity index (χ1v) is 14.0. The molecule has 4 aromatic carbocycles. The van der Waals surface area contributed by atoms with Gasteiger partial charge >= 0.3 is 0 Å². The minimum absolute atomic E-state index is 0.261. The first-order chi connectivity index (χ1) is 17.0. The summed E-state index contributed by atoms with van der Waals surface area (Å²) in [5.74, 6) is 1.02. The van der Waals surface area contributed by atoms with Crippen LogP contribution >= 0.6 is 7.37 Å². The summed E-state index contributed by atoms with van der Waals surface area (Å²) in [4.78, 5) is 0. The van der Waals surface area contributed by atoms with Gasteiger partial charge in [0.05, 0.1) is 10.5 Å². The van der Waals surface area contributed by atoms with Crippen LogP contribution in [0.4, 0.5) is 0 Å². The number of phenolic OH excluding ortho intramolecular Hbond substituents is 1. The Kier molecular flexibility index (Phi) is 5.69. The van der Waals surface area contributed by atoms with Crippen molar-refractivity contribution in [2.45, 2.75) is 52.1 Å². The fraction of sp³-hybridized carbons (Fsp3) is 0.250. The maximum absolute atomic E-state index is 14.8. The van der Waals surface area contributed by atoms with Crippen LogP contribution < -0.4 is 9.83 Å². The molecule has 1 aliphatic rings. The van der Waals surface area contributed by atoms with Crippen molar-refractivity contribution in [2.75, 3.05) is 0 Å². The molecule has 3 nitrogen and oxygen atoms in total. The van der Waals surface area contributed by atoms with Gasteiger partial charge in [0.2, 0.25) is 0 Å². The van der Waals surface area contributed by atoms with Crippen LogP contribution in [0.15, 0.2) is 84.9 Å². The van der Waals surface area contributed by atoms with Gasteiger partial charge in [-0.2, -0.15) is 0 Å². The highest BCUT2D eigenvalue weighted by molar-refractivity contribution is 7.68. The number of aromatic hydroxyl groups is 1. The molecule has 1 atom stereocenters. The van der Waals surface area contributed by atoms with Crippen molar-refractivity contribution >= 4 is 12.7 Å². The standard InChI is InChI=1S/C32H33O3P/c1-21-19-25(20-22(2)30(21)33)31(3,4)23-15-17-24(18-16-23)32(5,6)36(34)29-14-10-8-12-27(29)26-11-7-9-13-28(26)35-36/h7-20,33H,1-6H3. The maximum atomic E-state index is 14.8. The topological polar surface area (TPSA) is 46.5 Å². The van der Waals surface area contributed by atoms with E-state index in [1.807, 2.05) is 76.2 Å². The summed E-state index contributed by atoms with van der Waals surface area (Å²) in [6.45, 7) is 12.3. The molecule has 4 aromatic rings. The van der Waals surface area contributed by atoms with E-state index in [0.29, 0.717) is 11.5 Å². The molecule has 0 aromatic heterocycles. The molecule has 5 rings (SSSR count). The summed E-state index contributed by atoms with van der Waals surface area (Å²) < 4.78 is 21.2. The Hall–Kier alpha value is -3.29. The molecule has 184 valence electrons. The van der Waals surface area contributed by atoms with Gasteiger partial charge in [-0.25, -0.2) is 0 Å². The first-order valence-electron chi connectivity index (χ1n) is 12.4. The van der Waals surface area contributed by atoms with Gasteiger partial charge in [0.25, 0.3) is 7.37 Å². The van der Waals surface area contributed by atoms with E-state index in [4.69, 9.17) is 4.52 Å². The molecule has 0 radical (unpaired) electrons. The Bertz CT molecular complexity index is 1490. The third-order valence-corrected chi connectivity index (χ3v) is 11.1. The minimum Gasteiger partial charge on any atom is -0.507 e. The molecule has 0 saturated heterocycles. The van der Waals surface area contributed by atoms with E-state index in [9.17, 15) is 9.67 Å². The van der Waals surface area contributed by atoms with Gasteiger partial charge in [0, 0.05) is 11.0 Å². The molecule has 0 aliphatic carbocycles. The van der Waals surface area contributed by atoms with E-state index in [2.05, 4.69) is 50.2 Å². The fourth-order valence-electron chi connectivity index (χ4n) is 5.28. The van der Waals surface area contributed by atoms with Crippen molar-refractivity contribution in [3.05, 3.63) is 113 Å². The van der Waals surface area contributed by atoms with E-state index in [1.54, 1.807) is 0 Å². The van der Waals surface area contributed by atoms with E-state index in [-0.39, 0.29) is 5.41 Å². The average molecular weight is 497 g/mol. The van der Waals surface area contributed by atoms with Crippen LogP contribution in [0.5, 0.6) is 11.5 Å². The van der Waals surface area contributed by atoms with Gasteiger partial charge in [0.1, 0.15) is 11.5 Å². The van der Waals surface area contributed by atoms with Crippen LogP contribution in [0.25, 0.3) is 11.1 Å². The normalized spacial score (nSPS) is 17.2. The smallest absolute Gasteiger partial charge is 0.287 e. The van der Waals surface area contributed by atoms with E-state index < -0.39 is 12.5 Å². The molecule has 0 saturated carbocycles. The van der Waals surface area contributed by atoms with Gasteiger partial charge < -0.3 is 9.63 Å². The zero-order chi connectivity index (χ0) is 25.9. The zero-order valence-corrected chi connectivity index (χ0v) is 22.7. The number of phenols is 1. The van der Waals surface area contributed by atoms with Crippen molar-refractivity contribution in [2.24, 2.45) is 0 Å². The third-order valence-electron chi connectivity index (χ3n) is 7.89. The van der Waals surface area contributed by atoms with Crippen molar-refractivity contribution in [3.8, 4) is 22.6 Å². The molecule has 1 N–H and O–H groups in total. The molecule has 36 heavy (non-hydrogen) atoms. The Balaban J connectivity index is 1.56. The van der Waals surface area contributed by atoms with Crippen LogP contribution in [-0.4, -0.2) is 5.11 Å². The third kappa shape index (κ3) is 3.61. The zero-order valence-electron chi connectivity index (χ0n) is 21.8. The van der Waals surface area contributed by atoms with Gasteiger partial charge in [-0.05, 0) is 73.2 Å². The predicted octanol–water partition coefficient (Wildman–Crippen LogP) is 8.23. The van der Waals surface area contributed by atoms with Crippen molar-refractivity contribution < 1.29 is 14.2 Å². The maximum Gasteiger partial charge on any atom is 0.287 e. The summed E-state index contributed by atoms with van der Waals surface area (Å²) >= 11 is 0. The Morgan fingerprint density at radius 1 is 0.694 bits per heavy atom. The van der Waals surface area contributed by atoms with E-state index in [0.717, 1.165) is 44.2 Å². The van der Waals surface area contributed by atoms with Gasteiger partial charge in [-0.1, -0.05) is 86.6 Å². The van der Waals surface area contributed by atoms with Crippen molar-refractivity contribution in [1.29, 1.82) is 0 Å². The van der Waals surface area contributed by atoms with E-state index in [1.165, 1.54) is 0 Å². The highest BCUT2D eigenvalue weighted by Crippen LogP contribution is 2.66. The van der Waals surface area contributed by atoms with Crippen LogP contribution in [0, 0.1) is 13.8 Å². The number of benzene rings is 4. The summed E-state index contributed by atoms with van der Waals surface area (Å²) in [6.07, 6.45) is 0. The molecular formula is C32H33O3P. The molecule has 0 amide bonds. The van der Waals surface area contributed by atoms with Crippen LogP contribution in [0.1, 0.15) is 55.5 Å². The second kappa shape index (κ2) is 8.39. The first kappa shape index (κ1) is 24.4. The van der Waals surface area contributed by atoms with Crippen molar-refractivity contribution in [3.63, 3.8) is 0 Å². The van der Waals surface area contributed by atoms with Crippen LogP contribution in [0.3, 0.4) is 0 Å². The lowest BCUT2D eigenvalue weighted by atomic mass is 9.76. The van der Waals surface area contributed by atoms with Crippen molar-refractivity contribution in [1.82, 2.24) is 0 Å². The largest absolute Gasteiger partial charge is 0.507 e.